The SMILES string of the molecule is O=C(O)C1=CO[C@@H](O[C@H]2O[C@H](CO)[C@H](O)[C@H](O)[C@H]2O)[C@H]2[C@H]1C=C[C@]2(O)CO. The van der Waals surface area contributed by atoms with E-state index in [0.717, 1.165) is 6.26 Å². The number of hydrogen-bond donors (Lipinski definition) is 7. The van der Waals surface area contributed by atoms with Crippen LogP contribution in [0.4, 0.5) is 0 Å². The Hall–Kier alpha value is -1.57. The molecule has 3 rings (SSSR count). The molecule has 0 radical (unpaired) electrons. The van der Waals surface area contributed by atoms with Crippen molar-refractivity contribution in [2.45, 2.75) is 42.6 Å². The summed E-state index contributed by atoms with van der Waals surface area (Å²) in [5.41, 5.74) is -2.01. The lowest BCUT2D eigenvalue weighted by atomic mass is 9.79. The van der Waals surface area contributed by atoms with Crippen LogP contribution in [0.1, 0.15) is 0 Å². The van der Waals surface area contributed by atoms with Crippen molar-refractivity contribution in [1.29, 1.82) is 0 Å². The first-order valence-corrected chi connectivity index (χ1v) is 8.31. The number of fused-ring (bicyclic) bond motifs is 1. The Balaban J connectivity index is 1.84. The number of aliphatic carboxylic acids is 1. The minimum Gasteiger partial charge on any atom is -0.478 e. The molecule has 1 fully saturated rings. The van der Waals surface area contributed by atoms with Crippen molar-refractivity contribution >= 4 is 5.97 Å². The van der Waals surface area contributed by atoms with E-state index in [1.807, 2.05) is 0 Å². The molecule has 1 aliphatic carbocycles. The number of carboxylic acid groups (broad SMARTS) is 1. The first-order valence-electron chi connectivity index (χ1n) is 8.31. The molecule has 0 aromatic rings. The van der Waals surface area contributed by atoms with Crippen LogP contribution >= 0.6 is 0 Å². The lowest BCUT2D eigenvalue weighted by Gasteiger charge is -2.44. The maximum Gasteiger partial charge on any atom is 0.335 e. The Morgan fingerprint density at radius 3 is 2.44 bits per heavy atom. The molecule has 1 saturated heterocycles. The summed E-state index contributed by atoms with van der Waals surface area (Å²) in [4.78, 5) is 11.4. The molecular weight excluding hydrogens is 368 g/mol. The molecule has 152 valence electrons. The van der Waals surface area contributed by atoms with Gasteiger partial charge >= 0.3 is 5.97 Å². The molecule has 2 heterocycles. The number of allylic oxidation sites excluding steroid dienone is 1. The number of aliphatic hydroxyl groups is 6. The number of carboxylic acids is 1. The molecule has 9 atom stereocenters. The molecule has 0 bridgehead atoms. The molecular formula is C16H22O11. The second-order valence-electron chi connectivity index (χ2n) is 6.78. The standard InChI is InChI=1S/C16H22O11/c17-3-8-10(19)11(20)12(21)15(26-8)27-14-9-6(1-2-16(9,24)5-18)7(4-25-14)13(22)23/h1-2,4,6,8-12,14-15,17-21,24H,3,5H2,(H,22,23)/t6-,8+,9+,10-,11-,12+,14-,15+,16-/m0/s1. The summed E-state index contributed by atoms with van der Waals surface area (Å²) in [7, 11) is 0. The van der Waals surface area contributed by atoms with E-state index in [2.05, 4.69) is 0 Å². The summed E-state index contributed by atoms with van der Waals surface area (Å²) in [5.74, 6) is -3.20. The molecule has 0 spiro atoms. The third-order valence-corrected chi connectivity index (χ3v) is 5.15. The van der Waals surface area contributed by atoms with E-state index < -0.39 is 73.6 Å². The first-order chi connectivity index (χ1) is 12.7. The average molecular weight is 390 g/mol. The van der Waals surface area contributed by atoms with Crippen LogP contribution in [0.25, 0.3) is 0 Å². The first kappa shape index (κ1) is 20.2. The molecule has 3 aliphatic rings. The highest BCUT2D eigenvalue weighted by atomic mass is 16.8. The highest BCUT2D eigenvalue weighted by Crippen LogP contribution is 2.45. The van der Waals surface area contributed by atoms with E-state index >= 15 is 0 Å². The maximum absolute atomic E-state index is 11.4. The largest absolute Gasteiger partial charge is 0.478 e. The lowest BCUT2D eigenvalue weighted by Crippen LogP contribution is -2.61. The molecule has 27 heavy (non-hydrogen) atoms. The van der Waals surface area contributed by atoms with Gasteiger partial charge in [-0.25, -0.2) is 4.79 Å². The fraction of sp³-hybridized carbons (Fsp3) is 0.688. The Kier molecular flexibility index (Phi) is 5.57. The van der Waals surface area contributed by atoms with Crippen LogP contribution in [0.3, 0.4) is 0 Å². The molecule has 11 heteroatoms. The second-order valence-corrected chi connectivity index (χ2v) is 6.78. The minimum atomic E-state index is -1.85. The van der Waals surface area contributed by atoms with E-state index in [1.54, 1.807) is 0 Å². The quantitative estimate of drug-likeness (QED) is 0.233. The summed E-state index contributed by atoms with van der Waals surface area (Å²) in [6, 6.07) is 0. The molecule has 0 aromatic carbocycles. The highest BCUT2D eigenvalue weighted by molar-refractivity contribution is 5.87. The van der Waals surface area contributed by atoms with Gasteiger partial charge in [0.05, 0.1) is 31.0 Å². The molecule has 0 saturated carbocycles. The van der Waals surface area contributed by atoms with Gasteiger partial charge in [-0.1, -0.05) is 12.2 Å². The minimum absolute atomic E-state index is 0.158. The van der Waals surface area contributed by atoms with Crippen molar-refractivity contribution in [2.24, 2.45) is 11.8 Å². The molecule has 2 aliphatic heterocycles. The summed E-state index contributed by atoms with van der Waals surface area (Å²) < 4.78 is 16.0. The Morgan fingerprint density at radius 2 is 1.85 bits per heavy atom. The zero-order valence-electron chi connectivity index (χ0n) is 14.0. The Morgan fingerprint density at radius 1 is 1.15 bits per heavy atom. The zero-order chi connectivity index (χ0) is 19.9. The maximum atomic E-state index is 11.4. The van der Waals surface area contributed by atoms with Crippen LogP contribution in [0.5, 0.6) is 0 Å². The van der Waals surface area contributed by atoms with E-state index in [-0.39, 0.29) is 5.57 Å². The smallest absolute Gasteiger partial charge is 0.335 e. The summed E-state index contributed by atoms with van der Waals surface area (Å²) in [5, 5.41) is 68.4. The normalized spacial score (nSPS) is 46.5. The zero-order valence-corrected chi connectivity index (χ0v) is 14.0. The van der Waals surface area contributed by atoms with Gasteiger partial charge in [0.15, 0.2) is 6.29 Å². The number of ether oxygens (including phenoxy) is 3. The molecule has 0 unspecified atom stereocenters. The number of carbonyl (C=O) groups is 1. The predicted molar refractivity (Wildman–Crippen MR) is 83.6 cm³/mol. The van der Waals surface area contributed by atoms with Crippen molar-refractivity contribution in [1.82, 2.24) is 0 Å². The lowest BCUT2D eigenvalue weighted by molar-refractivity contribution is -0.346. The van der Waals surface area contributed by atoms with Gasteiger partial charge in [-0.3, -0.25) is 0 Å². The van der Waals surface area contributed by atoms with Crippen molar-refractivity contribution in [3.63, 3.8) is 0 Å². The topological polar surface area (TPSA) is 186 Å². The summed E-state index contributed by atoms with van der Waals surface area (Å²) in [6.07, 6.45) is -5.48. The van der Waals surface area contributed by atoms with Gasteiger partial charge in [0.2, 0.25) is 6.29 Å². The van der Waals surface area contributed by atoms with Crippen LogP contribution in [0, 0.1) is 11.8 Å². The number of aliphatic hydroxyl groups excluding tert-OH is 5. The van der Waals surface area contributed by atoms with E-state index in [0.29, 0.717) is 0 Å². The monoisotopic (exact) mass is 390 g/mol. The summed E-state index contributed by atoms with van der Waals surface area (Å²) >= 11 is 0. The number of hydrogen-bond acceptors (Lipinski definition) is 10. The second kappa shape index (κ2) is 7.45. The van der Waals surface area contributed by atoms with Gasteiger partial charge in [0.1, 0.15) is 30.0 Å². The van der Waals surface area contributed by atoms with Crippen LogP contribution in [0.2, 0.25) is 0 Å². The van der Waals surface area contributed by atoms with Crippen molar-refractivity contribution in [2.75, 3.05) is 13.2 Å². The molecule has 7 N–H and O–H groups in total. The van der Waals surface area contributed by atoms with E-state index in [4.69, 9.17) is 14.2 Å². The van der Waals surface area contributed by atoms with Crippen molar-refractivity contribution in [3.05, 3.63) is 24.0 Å². The van der Waals surface area contributed by atoms with Crippen molar-refractivity contribution < 1.29 is 54.8 Å². The molecule has 0 amide bonds. The average Bonchev–Trinajstić information content (AvgIpc) is 3.01. The fourth-order valence-electron chi connectivity index (χ4n) is 3.60. The van der Waals surface area contributed by atoms with Crippen molar-refractivity contribution in [3.8, 4) is 0 Å². The van der Waals surface area contributed by atoms with Crippen LogP contribution in [0.15, 0.2) is 24.0 Å². The van der Waals surface area contributed by atoms with Gasteiger partial charge in [0, 0.05) is 5.92 Å². The van der Waals surface area contributed by atoms with Crippen LogP contribution in [-0.2, 0) is 19.0 Å². The Bertz CT molecular complexity index is 632. The van der Waals surface area contributed by atoms with E-state index in [9.17, 15) is 40.5 Å². The third-order valence-electron chi connectivity index (χ3n) is 5.15. The van der Waals surface area contributed by atoms with E-state index in [1.165, 1.54) is 12.2 Å². The predicted octanol–water partition coefficient (Wildman–Crippen LogP) is -3.35. The highest BCUT2D eigenvalue weighted by Gasteiger charge is 2.55. The fourth-order valence-corrected chi connectivity index (χ4v) is 3.60. The van der Waals surface area contributed by atoms with Gasteiger partial charge in [-0.05, 0) is 0 Å². The molecule has 0 aromatic heterocycles. The number of rotatable bonds is 5. The van der Waals surface area contributed by atoms with Crippen LogP contribution in [-0.4, -0.2) is 97.5 Å². The Labute approximate surface area is 153 Å². The van der Waals surface area contributed by atoms with Gasteiger partial charge in [-0.15, -0.1) is 0 Å². The van der Waals surface area contributed by atoms with Crippen LogP contribution < -0.4 is 0 Å². The van der Waals surface area contributed by atoms with Gasteiger partial charge in [0.25, 0.3) is 0 Å². The van der Waals surface area contributed by atoms with Gasteiger partial charge in [-0.2, -0.15) is 0 Å². The molecule has 11 nitrogen and oxygen atoms in total. The summed E-state index contributed by atoms with van der Waals surface area (Å²) in [6.45, 7) is -1.40. The third kappa shape index (κ3) is 3.37. The van der Waals surface area contributed by atoms with Gasteiger partial charge < -0.3 is 50.0 Å².